The molecule has 4 N–H and O–H groups in total. The molecule has 0 aromatic heterocycles. The van der Waals surface area contributed by atoms with Crippen molar-refractivity contribution in [3.05, 3.63) is 90.0 Å². The van der Waals surface area contributed by atoms with Crippen LogP contribution in [0.3, 0.4) is 0 Å². The van der Waals surface area contributed by atoms with E-state index in [1.807, 2.05) is 42.5 Å². The van der Waals surface area contributed by atoms with Crippen LogP contribution in [0.5, 0.6) is 5.75 Å². The third kappa shape index (κ3) is 5.57. The lowest BCUT2D eigenvalue weighted by molar-refractivity contribution is -0.127. The summed E-state index contributed by atoms with van der Waals surface area (Å²) in [6.07, 6.45) is 4.62. The third-order valence-corrected chi connectivity index (χ3v) is 6.62. The number of phenolic OH excluding ortho intramolecular Hbond substituents is 1. The fourth-order valence-corrected chi connectivity index (χ4v) is 4.67. The van der Waals surface area contributed by atoms with Gasteiger partial charge in [-0.1, -0.05) is 60.7 Å². The Hall–Kier alpha value is -3.11. The Kier molecular flexibility index (Phi) is 7.23. The molecule has 3 aromatic rings. The summed E-state index contributed by atoms with van der Waals surface area (Å²) in [6, 6.07) is 25.7. The Morgan fingerprint density at radius 3 is 2.28 bits per heavy atom. The maximum atomic E-state index is 13.2. The van der Waals surface area contributed by atoms with Crippen LogP contribution in [-0.4, -0.2) is 17.6 Å². The highest BCUT2D eigenvalue weighted by molar-refractivity contribution is 5.79. The average molecular weight is 429 g/mol. The van der Waals surface area contributed by atoms with Gasteiger partial charge in [-0.15, -0.1) is 0 Å². The Morgan fingerprint density at radius 1 is 0.906 bits per heavy atom. The first-order valence-electron chi connectivity index (χ1n) is 11.6. The zero-order valence-electron chi connectivity index (χ0n) is 18.4. The summed E-state index contributed by atoms with van der Waals surface area (Å²) in [5, 5.41) is 13.2. The monoisotopic (exact) mass is 428 g/mol. The summed E-state index contributed by atoms with van der Waals surface area (Å²) < 4.78 is 0. The predicted molar refractivity (Wildman–Crippen MR) is 129 cm³/mol. The number of hydrogen-bond donors (Lipinski definition) is 3. The SMILES string of the molecule is NCC1CCC(C(=O)NC(Cc2ccccc2)c2cccc(-c3cccc(O)c3)c2)CC1. The normalized spacial score (nSPS) is 19.3. The lowest BCUT2D eigenvalue weighted by Crippen LogP contribution is -2.37. The van der Waals surface area contributed by atoms with Crippen molar-refractivity contribution in [1.29, 1.82) is 0 Å². The molecule has 32 heavy (non-hydrogen) atoms. The van der Waals surface area contributed by atoms with Gasteiger partial charge >= 0.3 is 0 Å². The van der Waals surface area contributed by atoms with Crippen LogP contribution in [0.4, 0.5) is 0 Å². The van der Waals surface area contributed by atoms with E-state index < -0.39 is 0 Å². The van der Waals surface area contributed by atoms with Crippen molar-refractivity contribution in [1.82, 2.24) is 5.32 Å². The summed E-state index contributed by atoms with van der Waals surface area (Å²) in [5.74, 6) is 1.00. The largest absolute Gasteiger partial charge is 0.508 e. The Bertz CT molecular complexity index is 1030. The average Bonchev–Trinajstić information content (AvgIpc) is 2.84. The van der Waals surface area contributed by atoms with Gasteiger partial charge in [-0.05, 0) is 85.0 Å². The van der Waals surface area contributed by atoms with Crippen LogP contribution in [0.15, 0.2) is 78.9 Å². The fourth-order valence-electron chi connectivity index (χ4n) is 4.67. The number of carbonyl (C=O) groups excluding carboxylic acids is 1. The van der Waals surface area contributed by atoms with Gasteiger partial charge in [-0.3, -0.25) is 4.79 Å². The molecule has 3 aromatic carbocycles. The Balaban J connectivity index is 1.57. The molecular weight excluding hydrogens is 396 g/mol. The lowest BCUT2D eigenvalue weighted by atomic mass is 9.81. The number of aromatic hydroxyl groups is 1. The zero-order chi connectivity index (χ0) is 22.3. The second kappa shape index (κ2) is 10.5. The van der Waals surface area contributed by atoms with Crippen molar-refractivity contribution in [2.24, 2.45) is 17.6 Å². The molecule has 1 aliphatic carbocycles. The summed E-state index contributed by atoms with van der Waals surface area (Å²) in [6.45, 7) is 0.715. The van der Waals surface area contributed by atoms with Gasteiger partial charge in [0, 0.05) is 5.92 Å². The molecule has 4 heteroatoms. The lowest BCUT2D eigenvalue weighted by Gasteiger charge is -2.29. The van der Waals surface area contributed by atoms with Crippen molar-refractivity contribution in [2.45, 2.75) is 38.1 Å². The van der Waals surface area contributed by atoms with E-state index in [1.165, 1.54) is 5.56 Å². The van der Waals surface area contributed by atoms with E-state index >= 15 is 0 Å². The summed E-state index contributed by atoms with van der Waals surface area (Å²) in [4.78, 5) is 13.2. The van der Waals surface area contributed by atoms with Crippen LogP contribution in [0.2, 0.25) is 0 Å². The van der Waals surface area contributed by atoms with E-state index in [1.54, 1.807) is 12.1 Å². The maximum Gasteiger partial charge on any atom is 0.223 e. The molecule has 0 radical (unpaired) electrons. The molecule has 1 aliphatic rings. The highest BCUT2D eigenvalue weighted by Gasteiger charge is 2.27. The maximum absolute atomic E-state index is 13.2. The van der Waals surface area contributed by atoms with Gasteiger partial charge in [-0.25, -0.2) is 0 Å². The summed E-state index contributed by atoms with van der Waals surface area (Å²) >= 11 is 0. The molecule has 0 saturated heterocycles. The number of benzene rings is 3. The third-order valence-electron chi connectivity index (χ3n) is 6.62. The second-order valence-corrected chi connectivity index (χ2v) is 8.88. The first kappa shape index (κ1) is 22.1. The number of carbonyl (C=O) groups is 1. The minimum absolute atomic E-state index is 0.0605. The van der Waals surface area contributed by atoms with E-state index in [4.69, 9.17) is 5.73 Å². The number of nitrogens with one attached hydrogen (secondary N) is 1. The Labute approximate surface area is 190 Å². The topological polar surface area (TPSA) is 75.4 Å². The summed E-state index contributed by atoms with van der Waals surface area (Å²) in [5.41, 5.74) is 10.1. The highest BCUT2D eigenvalue weighted by Crippen LogP contribution is 2.31. The first-order valence-corrected chi connectivity index (χ1v) is 11.6. The van der Waals surface area contributed by atoms with Crippen molar-refractivity contribution in [3.8, 4) is 16.9 Å². The standard InChI is InChI=1S/C28H32N2O2/c29-19-21-12-14-22(15-13-21)28(32)30-27(16-20-6-2-1-3-7-20)25-10-4-8-23(17-25)24-9-5-11-26(31)18-24/h1-11,17-18,21-22,27,31H,12-16,19,29H2,(H,30,32). The number of nitrogens with two attached hydrogens (primary N) is 1. The number of hydrogen-bond acceptors (Lipinski definition) is 3. The summed E-state index contributed by atoms with van der Waals surface area (Å²) in [7, 11) is 0. The highest BCUT2D eigenvalue weighted by atomic mass is 16.3. The van der Waals surface area contributed by atoms with E-state index in [0.717, 1.165) is 48.8 Å². The molecule has 0 aliphatic heterocycles. The molecule has 1 amide bonds. The second-order valence-electron chi connectivity index (χ2n) is 8.88. The zero-order valence-corrected chi connectivity index (χ0v) is 18.4. The van der Waals surface area contributed by atoms with Crippen LogP contribution < -0.4 is 11.1 Å². The predicted octanol–water partition coefficient (Wildman–Crippen LogP) is 5.22. The van der Waals surface area contributed by atoms with Gasteiger partial charge in [0.2, 0.25) is 5.91 Å². The van der Waals surface area contributed by atoms with E-state index in [0.29, 0.717) is 12.5 Å². The molecule has 1 atom stereocenters. The molecular formula is C28H32N2O2. The first-order chi connectivity index (χ1) is 15.6. The number of amides is 1. The molecule has 0 heterocycles. The molecule has 1 unspecified atom stereocenters. The molecule has 166 valence electrons. The minimum atomic E-state index is -0.116. The van der Waals surface area contributed by atoms with Crippen LogP contribution in [0, 0.1) is 11.8 Å². The van der Waals surface area contributed by atoms with Crippen molar-refractivity contribution >= 4 is 5.91 Å². The van der Waals surface area contributed by atoms with Gasteiger partial charge in [0.25, 0.3) is 0 Å². The van der Waals surface area contributed by atoms with E-state index in [2.05, 4.69) is 29.6 Å². The van der Waals surface area contributed by atoms with E-state index in [-0.39, 0.29) is 23.6 Å². The van der Waals surface area contributed by atoms with Gasteiger partial charge < -0.3 is 16.2 Å². The van der Waals surface area contributed by atoms with Crippen LogP contribution in [0.25, 0.3) is 11.1 Å². The minimum Gasteiger partial charge on any atom is -0.508 e. The van der Waals surface area contributed by atoms with Crippen molar-refractivity contribution in [2.75, 3.05) is 6.54 Å². The van der Waals surface area contributed by atoms with Crippen LogP contribution in [0.1, 0.15) is 42.9 Å². The molecule has 0 spiro atoms. The molecule has 0 bridgehead atoms. The van der Waals surface area contributed by atoms with Gasteiger partial charge in [0.15, 0.2) is 0 Å². The van der Waals surface area contributed by atoms with E-state index in [9.17, 15) is 9.90 Å². The van der Waals surface area contributed by atoms with Crippen LogP contribution in [-0.2, 0) is 11.2 Å². The van der Waals surface area contributed by atoms with Crippen molar-refractivity contribution < 1.29 is 9.90 Å². The number of rotatable bonds is 7. The van der Waals surface area contributed by atoms with Gasteiger partial charge in [-0.2, -0.15) is 0 Å². The quantitative estimate of drug-likeness (QED) is 0.483. The Morgan fingerprint density at radius 2 is 1.59 bits per heavy atom. The van der Waals surface area contributed by atoms with Gasteiger partial charge in [0.1, 0.15) is 5.75 Å². The van der Waals surface area contributed by atoms with Crippen LogP contribution >= 0.6 is 0 Å². The molecule has 1 fully saturated rings. The fraction of sp³-hybridized carbons (Fsp3) is 0.321. The molecule has 1 saturated carbocycles. The van der Waals surface area contributed by atoms with Crippen molar-refractivity contribution in [3.63, 3.8) is 0 Å². The molecule has 4 nitrogen and oxygen atoms in total. The molecule has 4 rings (SSSR count). The van der Waals surface area contributed by atoms with Gasteiger partial charge in [0.05, 0.1) is 6.04 Å². The number of phenols is 1. The smallest absolute Gasteiger partial charge is 0.223 e.